The lowest BCUT2D eigenvalue weighted by atomic mass is 10.2. The summed E-state index contributed by atoms with van der Waals surface area (Å²) in [4.78, 5) is 22.0. The highest BCUT2D eigenvalue weighted by molar-refractivity contribution is 5.80. The van der Waals surface area contributed by atoms with E-state index in [1.165, 1.54) is 6.92 Å². The summed E-state index contributed by atoms with van der Waals surface area (Å²) in [5.41, 5.74) is 0.788. The Morgan fingerprint density at radius 3 is 2.44 bits per heavy atom. The topological polar surface area (TPSA) is 95.9 Å². The van der Waals surface area contributed by atoms with Crippen molar-refractivity contribution in [3.63, 3.8) is 0 Å². The molecule has 0 spiro atoms. The maximum absolute atomic E-state index is 11.3. The minimum absolute atomic E-state index is 0.0405. The lowest BCUT2D eigenvalue weighted by molar-refractivity contribution is -0.142. The monoisotopic (exact) mass is 253 g/mol. The average molecular weight is 253 g/mol. The Morgan fingerprint density at radius 2 is 1.94 bits per heavy atom. The largest absolute Gasteiger partial charge is 0.480 e. The molecule has 1 aromatic rings. The first kappa shape index (κ1) is 14.0. The zero-order valence-electron chi connectivity index (χ0n) is 9.87. The number of aliphatic hydroxyl groups is 1. The molecule has 0 fully saturated rings. The van der Waals surface area contributed by atoms with Gasteiger partial charge in [0, 0.05) is 0 Å². The number of aliphatic carboxylic acids is 1. The van der Waals surface area contributed by atoms with Gasteiger partial charge < -0.3 is 20.3 Å². The molecule has 2 atom stereocenters. The van der Waals surface area contributed by atoms with Gasteiger partial charge in [-0.25, -0.2) is 9.59 Å². The van der Waals surface area contributed by atoms with Crippen LogP contribution in [0.4, 0.5) is 4.79 Å². The van der Waals surface area contributed by atoms with Gasteiger partial charge in [-0.3, -0.25) is 0 Å². The summed E-state index contributed by atoms with van der Waals surface area (Å²) < 4.78 is 4.83. The first-order valence-electron chi connectivity index (χ1n) is 5.39. The molecule has 0 bridgehead atoms. The second kappa shape index (κ2) is 6.61. The summed E-state index contributed by atoms with van der Waals surface area (Å²) in [6.45, 7) is 1.31. The predicted molar refractivity (Wildman–Crippen MR) is 62.9 cm³/mol. The number of hydrogen-bond donors (Lipinski definition) is 3. The lowest BCUT2D eigenvalue weighted by Crippen LogP contribution is -2.47. The van der Waals surface area contributed by atoms with Gasteiger partial charge in [0.1, 0.15) is 6.61 Å². The minimum atomic E-state index is -1.38. The number of alkyl carbamates (subject to hydrolysis) is 1. The van der Waals surface area contributed by atoms with Crippen LogP contribution in [-0.4, -0.2) is 34.4 Å². The molecule has 1 amide bonds. The van der Waals surface area contributed by atoms with E-state index in [-0.39, 0.29) is 6.61 Å². The number of rotatable bonds is 5. The Morgan fingerprint density at radius 1 is 1.33 bits per heavy atom. The third-order valence-corrected chi connectivity index (χ3v) is 2.23. The number of amides is 1. The van der Waals surface area contributed by atoms with Crippen molar-refractivity contribution in [2.45, 2.75) is 25.7 Å². The van der Waals surface area contributed by atoms with Crippen LogP contribution < -0.4 is 5.32 Å². The van der Waals surface area contributed by atoms with E-state index < -0.39 is 24.2 Å². The van der Waals surface area contributed by atoms with Gasteiger partial charge in [-0.2, -0.15) is 0 Å². The van der Waals surface area contributed by atoms with Gasteiger partial charge in [-0.15, -0.1) is 0 Å². The molecule has 0 aliphatic rings. The summed E-state index contributed by atoms with van der Waals surface area (Å²) >= 11 is 0. The highest BCUT2D eigenvalue weighted by Gasteiger charge is 2.25. The Bertz CT molecular complexity index is 404. The van der Waals surface area contributed by atoms with Gasteiger partial charge in [0.05, 0.1) is 6.10 Å². The highest BCUT2D eigenvalue weighted by Crippen LogP contribution is 2.01. The molecule has 0 saturated heterocycles. The minimum Gasteiger partial charge on any atom is -0.480 e. The average Bonchev–Trinajstić information content (AvgIpc) is 2.34. The molecule has 0 aromatic heterocycles. The molecule has 3 N–H and O–H groups in total. The Balaban J connectivity index is 2.44. The predicted octanol–water partition coefficient (Wildman–Crippen LogP) is 0.747. The summed E-state index contributed by atoms with van der Waals surface area (Å²) in [5.74, 6) is -1.32. The van der Waals surface area contributed by atoms with Crippen molar-refractivity contribution < 1.29 is 24.5 Å². The van der Waals surface area contributed by atoms with E-state index in [2.05, 4.69) is 5.32 Å². The van der Waals surface area contributed by atoms with Gasteiger partial charge in [0.2, 0.25) is 0 Å². The molecule has 1 unspecified atom stereocenters. The maximum Gasteiger partial charge on any atom is 0.408 e. The number of carboxylic acids is 1. The zero-order chi connectivity index (χ0) is 13.5. The normalized spacial score (nSPS) is 13.4. The van der Waals surface area contributed by atoms with Gasteiger partial charge >= 0.3 is 12.1 Å². The fourth-order valence-electron chi connectivity index (χ4n) is 1.28. The molecule has 0 aliphatic heterocycles. The molecular formula is C12H15NO5. The standard InChI is InChI=1S/C12H15NO5/c1-8(14)10(11(15)16)13-12(17)18-7-9-5-3-2-4-6-9/h2-6,8,10,14H,7H2,1H3,(H,13,17)(H,15,16)/t8?,10-/m1/s1. The smallest absolute Gasteiger partial charge is 0.408 e. The van der Waals surface area contributed by atoms with E-state index in [9.17, 15) is 9.59 Å². The van der Waals surface area contributed by atoms with Crippen molar-refractivity contribution in [1.82, 2.24) is 5.32 Å². The summed E-state index contributed by atoms with van der Waals surface area (Å²) in [5, 5.41) is 20.0. The molecule has 6 heteroatoms. The third kappa shape index (κ3) is 4.42. The van der Waals surface area contributed by atoms with Gasteiger partial charge in [0.15, 0.2) is 6.04 Å². The fraction of sp³-hybridized carbons (Fsp3) is 0.333. The molecule has 0 saturated carbocycles. The van der Waals surface area contributed by atoms with Crippen molar-refractivity contribution in [2.24, 2.45) is 0 Å². The number of benzene rings is 1. The second-order valence-corrected chi connectivity index (χ2v) is 3.76. The van der Waals surface area contributed by atoms with Crippen LogP contribution in [0.3, 0.4) is 0 Å². The van der Waals surface area contributed by atoms with Gasteiger partial charge in [-0.1, -0.05) is 30.3 Å². The van der Waals surface area contributed by atoms with Gasteiger partial charge in [-0.05, 0) is 12.5 Å². The van der Waals surface area contributed by atoms with Crippen LogP contribution in [0.15, 0.2) is 30.3 Å². The molecular weight excluding hydrogens is 238 g/mol. The van der Waals surface area contributed by atoms with Crippen molar-refractivity contribution in [3.05, 3.63) is 35.9 Å². The molecule has 0 radical (unpaired) electrons. The molecule has 18 heavy (non-hydrogen) atoms. The van der Waals surface area contributed by atoms with Crippen LogP contribution in [0.25, 0.3) is 0 Å². The van der Waals surface area contributed by atoms with Gasteiger partial charge in [0.25, 0.3) is 0 Å². The number of hydrogen-bond acceptors (Lipinski definition) is 4. The van der Waals surface area contributed by atoms with Crippen molar-refractivity contribution in [3.8, 4) is 0 Å². The Labute approximate surface area is 104 Å². The fourth-order valence-corrected chi connectivity index (χ4v) is 1.28. The number of ether oxygens (including phenoxy) is 1. The Hall–Kier alpha value is -2.08. The molecule has 1 aromatic carbocycles. The zero-order valence-corrected chi connectivity index (χ0v) is 9.87. The van der Waals surface area contributed by atoms with Crippen molar-refractivity contribution in [2.75, 3.05) is 0 Å². The lowest BCUT2D eigenvalue weighted by Gasteiger charge is -2.16. The van der Waals surface area contributed by atoms with Crippen LogP contribution in [0.2, 0.25) is 0 Å². The van der Waals surface area contributed by atoms with Crippen LogP contribution in [0, 0.1) is 0 Å². The van der Waals surface area contributed by atoms with Crippen LogP contribution >= 0.6 is 0 Å². The quantitative estimate of drug-likeness (QED) is 0.719. The van der Waals surface area contributed by atoms with E-state index in [4.69, 9.17) is 14.9 Å². The number of carboxylic acid groups (broad SMARTS) is 1. The van der Waals surface area contributed by atoms with Crippen LogP contribution in [0.1, 0.15) is 12.5 Å². The van der Waals surface area contributed by atoms with E-state index in [0.717, 1.165) is 5.56 Å². The van der Waals surface area contributed by atoms with E-state index in [0.29, 0.717) is 0 Å². The molecule has 98 valence electrons. The maximum atomic E-state index is 11.3. The first-order chi connectivity index (χ1) is 8.50. The number of nitrogens with one attached hydrogen (secondary N) is 1. The summed E-state index contributed by atoms with van der Waals surface area (Å²) in [6.07, 6.45) is -2.08. The molecule has 0 heterocycles. The Kier molecular flexibility index (Phi) is 5.13. The molecule has 1 rings (SSSR count). The summed E-state index contributed by atoms with van der Waals surface area (Å²) in [6, 6.07) is 7.59. The SMILES string of the molecule is CC(O)[C@@H](NC(=O)OCc1ccccc1)C(=O)O. The third-order valence-electron chi connectivity index (χ3n) is 2.23. The molecule has 6 nitrogen and oxygen atoms in total. The van der Waals surface area contributed by atoms with E-state index in [1.807, 2.05) is 6.07 Å². The highest BCUT2D eigenvalue weighted by atomic mass is 16.5. The molecule has 0 aliphatic carbocycles. The van der Waals surface area contributed by atoms with Crippen molar-refractivity contribution in [1.29, 1.82) is 0 Å². The van der Waals surface area contributed by atoms with Crippen LogP contribution in [-0.2, 0) is 16.1 Å². The van der Waals surface area contributed by atoms with Crippen molar-refractivity contribution >= 4 is 12.1 Å². The number of carbonyl (C=O) groups excluding carboxylic acids is 1. The van der Waals surface area contributed by atoms with E-state index >= 15 is 0 Å². The number of aliphatic hydroxyl groups excluding tert-OH is 1. The number of carbonyl (C=O) groups is 2. The second-order valence-electron chi connectivity index (χ2n) is 3.76. The first-order valence-corrected chi connectivity index (χ1v) is 5.39. The van der Waals surface area contributed by atoms with E-state index in [1.54, 1.807) is 24.3 Å². The summed E-state index contributed by atoms with van der Waals surface area (Å²) in [7, 11) is 0. The van der Waals surface area contributed by atoms with Crippen LogP contribution in [0.5, 0.6) is 0 Å².